The fourth-order valence-corrected chi connectivity index (χ4v) is 9.82. The summed E-state index contributed by atoms with van der Waals surface area (Å²) in [5, 5.41) is 7.28. The number of para-hydroxylation sites is 1. The Labute approximate surface area is 319 Å². The van der Waals surface area contributed by atoms with Gasteiger partial charge in [-0.25, -0.2) is 4.98 Å². The summed E-state index contributed by atoms with van der Waals surface area (Å²) in [6.45, 7) is 9.58. The molecule has 264 valence electrons. The SMILES string of the molecule is CC1(C)CC(C)(C)c2cc(-n3c4ccc5c(c6ccccc6n5-c5nc(-c6ccccc6)nc(-c6ccccc6)n5)c4c4ccc5ccccc5c43)ccc21. The number of nitrogens with zero attached hydrogens (tertiary/aromatic N) is 5. The monoisotopic (exact) mass is 709 g/mol. The molecule has 1 aliphatic rings. The van der Waals surface area contributed by atoms with Gasteiger partial charge in [-0.1, -0.05) is 149 Å². The second-order valence-corrected chi connectivity index (χ2v) is 16.4. The van der Waals surface area contributed by atoms with Crippen molar-refractivity contribution in [2.24, 2.45) is 0 Å². The van der Waals surface area contributed by atoms with Crippen molar-refractivity contribution in [2.75, 3.05) is 0 Å². The third-order valence-electron chi connectivity index (χ3n) is 11.9. The predicted octanol–water partition coefficient (Wildman–Crippen LogP) is 12.5. The first-order chi connectivity index (χ1) is 26.8. The van der Waals surface area contributed by atoms with E-state index in [-0.39, 0.29) is 10.8 Å². The summed E-state index contributed by atoms with van der Waals surface area (Å²) in [4.78, 5) is 15.4. The second kappa shape index (κ2) is 11.5. The molecule has 0 N–H and O–H groups in total. The van der Waals surface area contributed by atoms with E-state index in [2.05, 4.69) is 152 Å². The summed E-state index contributed by atoms with van der Waals surface area (Å²) in [5.74, 6) is 1.88. The first kappa shape index (κ1) is 31.9. The van der Waals surface area contributed by atoms with Crippen LogP contribution in [-0.2, 0) is 10.8 Å². The standard InChI is InChI=1S/C50H39N5/c1-49(2)30-50(3,4)39-29-34(24-26-38(39)49)54-41-27-28-42-43(44(41)37-25-23-31-15-11-12-20-35(31)45(37)54)36-21-13-14-22-40(36)55(42)48-52-46(32-16-7-5-8-17-32)51-47(53-48)33-18-9-6-10-19-33/h5-29H,30H2,1-4H3. The molecule has 3 aromatic heterocycles. The molecule has 7 aromatic carbocycles. The van der Waals surface area contributed by atoms with Gasteiger partial charge in [-0.2, -0.15) is 9.97 Å². The third-order valence-corrected chi connectivity index (χ3v) is 11.9. The van der Waals surface area contributed by atoms with Gasteiger partial charge in [-0.15, -0.1) is 0 Å². The van der Waals surface area contributed by atoms with Crippen LogP contribution in [0.5, 0.6) is 0 Å². The molecule has 0 aliphatic heterocycles. The second-order valence-electron chi connectivity index (χ2n) is 16.4. The fraction of sp³-hybridized carbons (Fsp3) is 0.140. The Morgan fingerprint density at radius 1 is 0.455 bits per heavy atom. The van der Waals surface area contributed by atoms with E-state index in [1.807, 2.05) is 36.4 Å². The summed E-state index contributed by atoms with van der Waals surface area (Å²) in [6, 6.07) is 54.2. The maximum absolute atomic E-state index is 5.20. The highest BCUT2D eigenvalue weighted by Gasteiger charge is 2.42. The van der Waals surface area contributed by atoms with Crippen LogP contribution in [0.2, 0.25) is 0 Å². The Kier molecular flexibility index (Phi) is 6.64. The number of hydrogen-bond acceptors (Lipinski definition) is 3. The van der Waals surface area contributed by atoms with Crippen molar-refractivity contribution in [3.63, 3.8) is 0 Å². The zero-order valence-electron chi connectivity index (χ0n) is 31.4. The Morgan fingerprint density at radius 3 is 1.75 bits per heavy atom. The van der Waals surface area contributed by atoms with Crippen LogP contribution in [0.25, 0.3) is 88.8 Å². The summed E-state index contributed by atoms with van der Waals surface area (Å²) >= 11 is 0. The molecule has 1 aliphatic carbocycles. The van der Waals surface area contributed by atoms with Gasteiger partial charge in [0.15, 0.2) is 11.6 Å². The normalized spacial score (nSPS) is 14.8. The largest absolute Gasteiger partial charge is 0.309 e. The Balaban J connectivity index is 1.26. The van der Waals surface area contributed by atoms with Gasteiger partial charge < -0.3 is 4.57 Å². The van der Waals surface area contributed by atoms with Crippen molar-refractivity contribution in [3.8, 4) is 34.4 Å². The molecule has 0 unspecified atom stereocenters. The van der Waals surface area contributed by atoms with Crippen LogP contribution >= 0.6 is 0 Å². The van der Waals surface area contributed by atoms with Crippen LogP contribution in [0.3, 0.4) is 0 Å². The van der Waals surface area contributed by atoms with Crippen molar-refractivity contribution in [1.29, 1.82) is 0 Å². The number of rotatable bonds is 4. The lowest BCUT2D eigenvalue weighted by atomic mass is 9.82. The zero-order chi connectivity index (χ0) is 37.1. The van der Waals surface area contributed by atoms with E-state index in [1.54, 1.807) is 0 Å². The van der Waals surface area contributed by atoms with Crippen molar-refractivity contribution >= 4 is 54.4 Å². The third kappa shape index (κ3) is 4.69. The minimum absolute atomic E-state index is 0.0815. The maximum atomic E-state index is 5.20. The lowest BCUT2D eigenvalue weighted by molar-refractivity contribution is 0.403. The van der Waals surface area contributed by atoms with Gasteiger partial charge >= 0.3 is 0 Å². The van der Waals surface area contributed by atoms with Gasteiger partial charge in [0.1, 0.15) is 0 Å². The van der Waals surface area contributed by atoms with Crippen molar-refractivity contribution < 1.29 is 0 Å². The molecule has 0 atom stereocenters. The average molecular weight is 710 g/mol. The van der Waals surface area contributed by atoms with Crippen LogP contribution in [0.4, 0.5) is 0 Å². The van der Waals surface area contributed by atoms with Crippen molar-refractivity contribution in [1.82, 2.24) is 24.1 Å². The summed E-state index contributed by atoms with van der Waals surface area (Å²) < 4.78 is 4.75. The lowest BCUT2D eigenvalue weighted by Crippen LogP contribution is -2.18. The predicted molar refractivity (Wildman–Crippen MR) is 228 cm³/mol. The highest BCUT2D eigenvalue weighted by Crippen LogP contribution is 2.51. The molecule has 3 heterocycles. The van der Waals surface area contributed by atoms with E-state index in [0.29, 0.717) is 17.6 Å². The first-order valence-corrected chi connectivity index (χ1v) is 19.2. The topological polar surface area (TPSA) is 48.5 Å². The van der Waals surface area contributed by atoms with Gasteiger partial charge in [0.2, 0.25) is 5.95 Å². The highest BCUT2D eigenvalue weighted by molar-refractivity contribution is 6.31. The molecule has 10 aromatic rings. The van der Waals surface area contributed by atoms with Crippen LogP contribution in [0.1, 0.15) is 45.2 Å². The molecule has 55 heavy (non-hydrogen) atoms. The minimum atomic E-state index is 0.0815. The number of benzene rings is 7. The van der Waals surface area contributed by atoms with Gasteiger partial charge in [-0.3, -0.25) is 4.57 Å². The van der Waals surface area contributed by atoms with E-state index in [9.17, 15) is 0 Å². The number of fused-ring (bicyclic) bond motifs is 10. The molecule has 0 amide bonds. The van der Waals surface area contributed by atoms with Crippen LogP contribution < -0.4 is 0 Å². The number of aromatic nitrogens is 5. The molecule has 5 nitrogen and oxygen atoms in total. The van der Waals surface area contributed by atoms with E-state index in [4.69, 9.17) is 15.0 Å². The maximum Gasteiger partial charge on any atom is 0.238 e. The summed E-state index contributed by atoms with van der Waals surface area (Å²) in [5.41, 5.74) is 10.7. The Hall–Kier alpha value is -6.59. The molecule has 0 bridgehead atoms. The molecule has 0 fully saturated rings. The average Bonchev–Trinajstić information content (AvgIpc) is 3.80. The van der Waals surface area contributed by atoms with Crippen molar-refractivity contribution in [2.45, 2.75) is 44.9 Å². The van der Waals surface area contributed by atoms with E-state index >= 15 is 0 Å². The summed E-state index contributed by atoms with van der Waals surface area (Å²) in [7, 11) is 0. The highest BCUT2D eigenvalue weighted by atomic mass is 15.2. The molecule has 11 rings (SSSR count). The number of hydrogen-bond donors (Lipinski definition) is 0. The Morgan fingerprint density at radius 2 is 1.04 bits per heavy atom. The van der Waals surface area contributed by atoms with Crippen LogP contribution in [-0.4, -0.2) is 24.1 Å². The minimum Gasteiger partial charge on any atom is -0.309 e. The smallest absolute Gasteiger partial charge is 0.238 e. The molecule has 0 radical (unpaired) electrons. The zero-order valence-corrected chi connectivity index (χ0v) is 31.4. The first-order valence-electron chi connectivity index (χ1n) is 19.2. The van der Waals surface area contributed by atoms with Gasteiger partial charge in [-0.05, 0) is 64.1 Å². The van der Waals surface area contributed by atoms with Gasteiger partial charge in [0.25, 0.3) is 0 Å². The molecular weight excluding hydrogens is 671 g/mol. The van der Waals surface area contributed by atoms with Crippen LogP contribution in [0, 0.1) is 0 Å². The van der Waals surface area contributed by atoms with Crippen LogP contribution in [0.15, 0.2) is 152 Å². The van der Waals surface area contributed by atoms with E-state index in [0.717, 1.165) is 34.0 Å². The van der Waals surface area contributed by atoms with Gasteiger partial charge in [0, 0.05) is 43.7 Å². The van der Waals surface area contributed by atoms with Gasteiger partial charge in [0.05, 0.1) is 22.1 Å². The molecule has 5 heteroatoms. The fourth-order valence-electron chi connectivity index (χ4n) is 9.82. The Bertz CT molecular complexity index is 3110. The lowest BCUT2D eigenvalue weighted by Gasteiger charge is -2.22. The van der Waals surface area contributed by atoms with E-state index in [1.165, 1.54) is 54.8 Å². The molecule has 0 saturated heterocycles. The van der Waals surface area contributed by atoms with Crippen molar-refractivity contribution in [3.05, 3.63) is 163 Å². The van der Waals surface area contributed by atoms with E-state index < -0.39 is 0 Å². The quantitative estimate of drug-likeness (QED) is 0.183. The summed E-state index contributed by atoms with van der Waals surface area (Å²) in [6.07, 6.45) is 1.13. The molecular formula is C50H39N5. The molecule has 0 spiro atoms. The molecule has 0 saturated carbocycles.